The van der Waals surface area contributed by atoms with E-state index in [0.717, 1.165) is 4.68 Å². The molecule has 0 saturated heterocycles. The highest BCUT2D eigenvalue weighted by Crippen LogP contribution is 2.27. The average molecular weight is 484 g/mol. The van der Waals surface area contributed by atoms with Crippen LogP contribution in [0.4, 0.5) is 5.69 Å². The van der Waals surface area contributed by atoms with Gasteiger partial charge in [0.05, 0.1) is 23.9 Å². The van der Waals surface area contributed by atoms with Gasteiger partial charge < -0.3 is 9.47 Å². The molecule has 0 bridgehead atoms. The lowest BCUT2D eigenvalue weighted by Crippen LogP contribution is -2.21. The summed E-state index contributed by atoms with van der Waals surface area (Å²) in [5, 5.41) is 3.95. The Hall–Kier alpha value is -3.82. The largest absolute Gasteiger partial charge is 0.497 e. The van der Waals surface area contributed by atoms with Gasteiger partial charge in [0.2, 0.25) is 0 Å². The average Bonchev–Trinajstić information content (AvgIpc) is 2.83. The number of hydrogen-bond acceptors (Lipinski definition) is 6. The lowest BCUT2D eigenvalue weighted by molar-refractivity contribution is 0.415. The van der Waals surface area contributed by atoms with Gasteiger partial charge in [-0.25, -0.2) is 8.42 Å². The van der Waals surface area contributed by atoms with E-state index >= 15 is 0 Å². The molecule has 0 spiro atoms. The molecule has 3 aromatic carbocycles. The molecular formula is C23H18ClN3O5S. The highest BCUT2D eigenvalue weighted by molar-refractivity contribution is 7.92. The number of benzene rings is 3. The van der Waals surface area contributed by atoms with Crippen LogP contribution in [-0.2, 0) is 10.0 Å². The van der Waals surface area contributed by atoms with Crippen molar-refractivity contribution in [3.05, 3.63) is 100 Å². The molecule has 0 atom stereocenters. The molecule has 0 unspecified atom stereocenters. The van der Waals surface area contributed by atoms with Crippen molar-refractivity contribution >= 4 is 27.3 Å². The number of para-hydroxylation sites is 1. The maximum atomic E-state index is 12.6. The van der Waals surface area contributed by atoms with Crippen molar-refractivity contribution in [3.8, 4) is 22.9 Å². The van der Waals surface area contributed by atoms with Crippen molar-refractivity contribution in [1.29, 1.82) is 0 Å². The molecule has 1 heterocycles. The SMILES string of the molecule is COc1ccc(NS(=O)(=O)c2ccc(Oc3cnn(-c4ccccc4)c(=O)c3Cl)cc2)cc1. The number of aromatic nitrogens is 2. The van der Waals surface area contributed by atoms with E-state index in [0.29, 0.717) is 22.9 Å². The Kier molecular flexibility index (Phi) is 6.34. The lowest BCUT2D eigenvalue weighted by atomic mass is 10.3. The topological polar surface area (TPSA) is 99.5 Å². The van der Waals surface area contributed by atoms with Crippen molar-refractivity contribution in [2.45, 2.75) is 4.90 Å². The van der Waals surface area contributed by atoms with Crippen LogP contribution in [0.25, 0.3) is 5.69 Å². The fourth-order valence-electron chi connectivity index (χ4n) is 2.93. The fourth-order valence-corrected chi connectivity index (χ4v) is 4.15. The number of sulfonamides is 1. The Labute approximate surface area is 195 Å². The molecular weight excluding hydrogens is 466 g/mol. The van der Waals surface area contributed by atoms with Crippen molar-refractivity contribution in [2.75, 3.05) is 11.8 Å². The van der Waals surface area contributed by atoms with Gasteiger partial charge in [0.25, 0.3) is 15.6 Å². The zero-order valence-electron chi connectivity index (χ0n) is 17.3. The fraction of sp³-hybridized carbons (Fsp3) is 0.0435. The molecule has 33 heavy (non-hydrogen) atoms. The second-order valence-electron chi connectivity index (χ2n) is 6.78. The van der Waals surface area contributed by atoms with Crippen LogP contribution in [0.2, 0.25) is 5.02 Å². The first-order valence-corrected chi connectivity index (χ1v) is 11.5. The Morgan fingerprint density at radius 2 is 1.55 bits per heavy atom. The standard InChI is InChI=1S/C23H18ClN3O5S/c1-31-18-9-7-16(8-10-18)26-33(29,30)20-13-11-19(12-14-20)32-21-15-25-27(23(28)22(21)24)17-5-3-2-4-6-17/h2-15,26H,1H3. The van der Waals surface area contributed by atoms with Gasteiger partial charge in [0.1, 0.15) is 11.5 Å². The summed E-state index contributed by atoms with van der Waals surface area (Å²) in [5.74, 6) is 0.962. The van der Waals surface area contributed by atoms with E-state index in [1.165, 1.54) is 37.6 Å². The normalized spacial score (nSPS) is 11.1. The summed E-state index contributed by atoms with van der Waals surface area (Å²) in [6.45, 7) is 0. The van der Waals surface area contributed by atoms with Gasteiger partial charge in [-0.1, -0.05) is 29.8 Å². The Balaban J connectivity index is 1.51. The van der Waals surface area contributed by atoms with Crippen LogP contribution < -0.4 is 19.8 Å². The number of rotatable bonds is 7. The summed E-state index contributed by atoms with van der Waals surface area (Å²) in [7, 11) is -2.28. The van der Waals surface area contributed by atoms with Gasteiger partial charge in [-0.05, 0) is 60.7 Å². The molecule has 0 amide bonds. The number of nitrogens with zero attached hydrogens (tertiary/aromatic N) is 2. The Morgan fingerprint density at radius 1 is 0.909 bits per heavy atom. The third-order valence-corrected chi connectivity index (χ3v) is 6.34. The van der Waals surface area contributed by atoms with Crippen LogP contribution in [-0.4, -0.2) is 25.3 Å². The van der Waals surface area contributed by atoms with Gasteiger partial charge in [0.15, 0.2) is 10.8 Å². The van der Waals surface area contributed by atoms with Crippen LogP contribution in [0.5, 0.6) is 17.2 Å². The van der Waals surface area contributed by atoms with Crippen LogP contribution in [0, 0.1) is 0 Å². The maximum absolute atomic E-state index is 12.6. The van der Waals surface area contributed by atoms with E-state index in [4.69, 9.17) is 21.1 Å². The van der Waals surface area contributed by atoms with E-state index in [2.05, 4.69) is 9.82 Å². The van der Waals surface area contributed by atoms with Gasteiger partial charge in [0, 0.05) is 5.69 Å². The van der Waals surface area contributed by atoms with Crippen LogP contribution in [0.1, 0.15) is 0 Å². The van der Waals surface area contributed by atoms with Crippen molar-refractivity contribution < 1.29 is 17.9 Å². The van der Waals surface area contributed by atoms with Gasteiger partial charge in [-0.3, -0.25) is 9.52 Å². The first-order chi connectivity index (χ1) is 15.9. The molecule has 0 fully saturated rings. The molecule has 4 rings (SSSR count). The van der Waals surface area contributed by atoms with Crippen LogP contribution in [0.15, 0.2) is 94.7 Å². The minimum absolute atomic E-state index is 0.0365. The minimum Gasteiger partial charge on any atom is -0.497 e. The molecule has 0 saturated carbocycles. The smallest absolute Gasteiger partial charge is 0.294 e. The maximum Gasteiger partial charge on any atom is 0.294 e. The second kappa shape index (κ2) is 9.35. The summed E-state index contributed by atoms with van der Waals surface area (Å²) in [4.78, 5) is 12.6. The Bertz CT molecular complexity index is 1420. The summed E-state index contributed by atoms with van der Waals surface area (Å²) < 4.78 is 39.7. The number of ether oxygens (including phenoxy) is 2. The van der Waals surface area contributed by atoms with Crippen molar-refractivity contribution in [2.24, 2.45) is 0 Å². The molecule has 10 heteroatoms. The summed E-state index contributed by atoms with van der Waals surface area (Å²) in [6, 6.07) is 21.0. The highest BCUT2D eigenvalue weighted by Gasteiger charge is 2.16. The molecule has 0 aliphatic carbocycles. The first-order valence-electron chi connectivity index (χ1n) is 9.65. The number of hydrogen-bond donors (Lipinski definition) is 1. The molecule has 168 valence electrons. The summed E-state index contributed by atoms with van der Waals surface area (Å²) in [5.41, 5.74) is 0.422. The molecule has 1 aromatic heterocycles. The number of methoxy groups -OCH3 is 1. The van der Waals surface area contributed by atoms with Crippen LogP contribution >= 0.6 is 11.6 Å². The highest BCUT2D eigenvalue weighted by atomic mass is 35.5. The van der Waals surface area contributed by atoms with E-state index in [1.54, 1.807) is 48.5 Å². The van der Waals surface area contributed by atoms with E-state index in [1.807, 2.05) is 6.07 Å². The lowest BCUT2D eigenvalue weighted by Gasteiger charge is -2.11. The third-order valence-electron chi connectivity index (χ3n) is 4.59. The number of nitrogens with one attached hydrogen (secondary N) is 1. The molecule has 0 radical (unpaired) electrons. The monoisotopic (exact) mass is 483 g/mol. The summed E-state index contributed by atoms with van der Waals surface area (Å²) >= 11 is 6.20. The van der Waals surface area contributed by atoms with E-state index < -0.39 is 15.6 Å². The van der Waals surface area contributed by atoms with Crippen molar-refractivity contribution in [3.63, 3.8) is 0 Å². The Morgan fingerprint density at radius 3 is 2.18 bits per heavy atom. The molecule has 4 aromatic rings. The minimum atomic E-state index is -3.81. The quantitative estimate of drug-likeness (QED) is 0.416. The van der Waals surface area contributed by atoms with Crippen LogP contribution in [0.3, 0.4) is 0 Å². The zero-order valence-corrected chi connectivity index (χ0v) is 18.9. The van der Waals surface area contributed by atoms with E-state index in [-0.39, 0.29) is 15.7 Å². The molecule has 8 nitrogen and oxygen atoms in total. The molecule has 0 aliphatic rings. The van der Waals surface area contributed by atoms with Crippen molar-refractivity contribution in [1.82, 2.24) is 9.78 Å². The molecule has 1 N–H and O–H groups in total. The second-order valence-corrected chi connectivity index (χ2v) is 8.84. The van der Waals surface area contributed by atoms with Gasteiger partial charge in [-0.2, -0.15) is 9.78 Å². The van der Waals surface area contributed by atoms with Gasteiger partial charge in [-0.15, -0.1) is 0 Å². The predicted octanol–water partition coefficient (Wildman–Crippen LogP) is 4.49. The molecule has 0 aliphatic heterocycles. The predicted molar refractivity (Wildman–Crippen MR) is 125 cm³/mol. The summed E-state index contributed by atoms with van der Waals surface area (Å²) in [6.07, 6.45) is 1.33. The first kappa shape index (κ1) is 22.4. The third kappa shape index (κ3) is 5.00. The zero-order chi connectivity index (χ0) is 23.4. The number of halogens is 1. The number of anilines is 1. The van der Waals surface area contributed by atoms with Gasteiger partial charge >= 0.3 is 0 Å². The van der Waals surface area contributed by atoms with E-state index in [9.17, 15) is 13.2 Å².